The summed E-state index contributed by atoms with van der Waals surface area (Å²) >= 11 is 1.47. The Morgan fingerprint density at radius 1 is 1.53 bits per heavy atom. The van der Waals surface area contributed by atoms with Crippen LogP contribution in [0.5, 0.6) is 0 Å². The van der Waals surface area contributed by atoms with Crippen LogP contribution in [-0.2, 0) is 21.3 Å². The molecule has 0 spiro atoms. The van der Waals surface area contributed by atoms with Crippen molar-refractivity contribution in [2.24, 2.45) is 0 Å². The molecule has 1 aliphatic rings. The van der Waals surface area contributed by atoms with Crippen molar-refractivity contribution < 1.29 is 13.2 Å². The Balaban J connectivity index is 2.17. The highest BCUT2D eigenvalue weighted by Crippen LogP contribution is 2.33. The number of ether oxygens (including phenoxy) is 1. The van der Waals surface area contributed by atoms with Crippen LogP contribution in [0.1, 0.15) is 17.7 Å². The largest absolute Gasteiger partial charge is 0.383 e. The Morgan fingerprint density at radius 2 is 2.26 bits per heavy atom. The Hall–Kier alpha value is -0.470. The highest BCUT2D eigenvalue weighted by Gasteiger charge is 2.38. The summed E-state index contributed by atoms with van der Waals surface area (Å²) in [6, 6.07) is 1.92. The van der Waals surface area contributed by atoms with Gasteiger partial charge in [-0.05, 0) is 26.0 Å². The molecule has 0 bridgehead atoms. The van der Waals surface area contributed by atoms with E-state index in [1.807, 2.05) is 7.05 Å². The van der Waals surface area contributed by atoms with Gasteiger partial charge in [-0.15, -0.1) is 11.3 Å². The van der Waals surface area contributed by atoms with Crippen molar-refractivity contribution >= 4 is 21.4 Å². The molecule has 0 radical (unpaired) electrons. The van der Waals surface area contributed by atoms with E-state index in [0.717, 1.165) is 17.7 Å². The molecule has 2 rings (SSSR count). The van der Waals surface area contributed by atoms with Crippen molar-refractivity contribution in [3.63, 3.8) is 0 Å². The van der Waals surface area contributed by atoms with E-state index in [-0.39, 0.29) is 6.04 Å². The van der Waals surface area contributed by atoms with Crippen molar-refractivity contribution in [2.75, 3.05) is 27.3 Å². The average molecular weight is 304 g/mol. The lowest BCUT2D eigenvalue weighted by molar-refractivity contribution is 0.177. The zero-order valence-corrected chi connectivity index (χ0v) is 12.9. The van der Waals surface area contributed by atoms with Gasteiger partial charge in [0.15, 0.2) is 0 Å². The highest BCUT2D eigenvalue weighted by atomic mass is 32.2. The SMILES string of the molecule is CNCc1cc(S(=O)(=O)N(CCOC)C2CC2)cs1. The molecule has 1 saturated carbocycles. The topological polar surface area (TPSA) is 58.6 Å². The summed E-state index contributed by atoms with van der Waals surface area (Å²) < 4.78 is 31.8. The van der Waals surface area contributed by atoms with Crippen LogP contribution in [0.4, 0.5) is 0 Å². The fraction of sp³-hybridized carbons (Fsp3) is 0.667. The summed E-state index contributed by atoms with van der Waals surface area (Å²) in [5.74, 6) is 0. The second-order valence-corrected chi connectivity index (χ2v) is 7.51. The Kier molecular flexibility index (Phi) is 4.97. The number of rotatable bonds is 8. The Bertz CT molecular complexity index is 509. The second kappa shape index (κ2) is 6.32. The van der Waals surface area contributed by atoms with Crippen LogP contribution in [0.3, 0.4) is 0 Å². The number of nitrogens with zero attached hydrogens (tertiary/aromatic N) is 1. The summed E-state index contributed by atoms with van der Waals surface area (Å²) in [6.45, 7) is 1.56. The van der Waals surface area contributed by atoms with Crippen molar-refractivity contribution in [3.8, 4) is 0 Å². The summed E-state index contributed by atoms with van der Waals surface area (Å²) in [5.41, 5.74) is 0. The molecule has 7 heteroatoms. The maximum atomic E-state index is 12.6. The van der Waals surface area contributed by atoms with Gasteiger partial charge in [0.25, 0.3) is 0 Å². The van der Waals surface area contributed by atoms with Gasteiger partial charge in [0.05, 0.1) is 11.5 Å². The van der Waals surface area contributed by atoms with Gasteiger partial charge in [0.2, 0.25) is 10.0 Å². The van der Waals surface area contributed by atoms with Crippen LogP contribution < -0.4 is 5.32 Å². The Morgan fingerprint density at radius 3 is 2.84 bits per heavy atom. The van der Waals surface area contributed by atoms with Crippen LogP contribution in [0.15, 0.2) is 16.3 Å². The highest BCUT2D eigenvalue weighted by molar-refractivity contribution is 7.89. The molecule has 0 unspecified atom stereocenters. The van der Waals surface area contributed by atoms with Gasteiger partial charge in [-0.1, -0.05) is 0 Å². The maximum Gasteiger partial charge on any atom is 0.244 e. The molecule has 1 heterocycles. The van der Waals surface area contributed by atoms with Crippen molar-refractivity contribution in [2.45, 2.75) is 30.3 Å². The second-order valence-electron chi connectivity index (χ2n) is 4.62. The van der Waals surface area contributed by atoms with Crippen molar-refractivity contribution in [3.05, 3.63) is 16.3 Å². The van der Waals surface area contributed by atoms with E-state index >= 15 is 0 Å². The van der Waals surface area contributed by atoms with E-state index in [9.17, 15) is 8.42 Å². The van der Waals surface area contributed by atoms with Gasteiger partial charge >= 0.3 is 0 Å². The first-order valence-corrected chi connectivity index (χ1v) is 8.64. The molecule has 1 aliphatic carbocycles. The monoisotopic (exact) mass is 304 g/mol. The Labute approximate surface area is 118 Å². The molecule has 0 aliphatic heterocycles. The number of thiophene rings is 1. The third kappa shape index (κ3) is 3.55. The number of methoxy groups -OCH3 is 1. The average Bonchev–Trinajstić information content (AvgIpc) is 3.08. The standard InChI is InChI=1S/C12H20N2O3S2/c1-13-8-11-7-12(9-18-11)19(15,16)14(5-6-17-2)10-3-4-10/h7,9-10,13H,3-6,8H2,1-2H3. The van der Waals surface area contributed by atoms with E-state index in [0.29, 0.717) is 24.6 Å². The molecule has 0 aromatic carbocycles. The van der Waals surface area contributed by atoms with E-state index in [2.05, 4.69) is 5.32 Å². The lowest BCUT2D eigenvalue weighted by Crippen LogP contribution is -2.35. The molecule has 1 fully saturated rings. The summed E-state index contributed by atoms with van der Waals surface area (Å²) in [4.78, 5) is 1.44. The van der Waals surface area contributed by atoms with Gasteiger partial charge in [-0.2, -0.15) is 4.31 Å². The third-order valence-electron chi connectivity index (χ3n) is 3.06. The molecule has 0 atom stereocenters. The minimum absolute atomic E-state index is 0.160. The molecule has 0 amide bonds. The normalized spacial score (nSPS) is 16.2. The molecule has 0 saturated heterocycles. The first-order valence-electron chi connectivity index (χ1n) is 6.32. The summed E-state index contributed by atoms with van der Waals surface area (Å²) in [7, 11) is 0.0692. The fourth-order valence-corrected chi connectivity index (χ4v) is 4.88. The third-order valence-corrected chi connectivity index (χ3v) is 6.07. The molecule has 1 aromatic rings. The lowest BCUT2D eigenvalue weighted by Gasteiger charge is -2.20. The smallest absolute Gasteiger partial charge is 0.244 e. The van der Waals surface area contributed by atoms with Crippen LogP contribution in [-0.4, -0.2) is 46.1 Å². The molecular weight excluding hydrogens is 284 g/mol. The molecule has 19 heavy (non-hydrogen) atoms. The van der Waals surface area contributed by atoms with E-state index in [1.165, 1.54) is 11.3 Å². The molecule has 1 N–H and O–H groups in total. The zero-order chi connectivity index (χ0) is 13.9. The van der Waals surface area contributed by atoms with Crippen LogP contribution >= 0.6 is 11.3 Å². The molecular formula is C12H20N2O3S2. The van der Waals surface area contributed by atoms with E-state index < -0.39 is 10.0 Å². The van der Waals surface area contributed by atoms with Gasteiger partial charge < -0.3 is 10.1 Å². The first kappa shape index (κ1) is 14.9. The molecule has 5 nitrogen and oxygen atoms in total. The number of hydrogen-bond donors (Lipinski definition) is 1. The minimum Gasteiger partial charge on any atom is -0.383 e. The number of sulfonamides is 1. The van der Waals surface area contributed by atoms with Crippen molar-refractivity contribution in [1.29, 1.82) is 0 Å². The van der Waals surface area contributed by atoms with Crippen LogP contribution in [0, 0.1) is 0 Å². The van der Waals surface area contributed by atoms with E-state index in [4.69, 9.17) is 4.74 Å². The number of hydrogen-bond acceptors (Lipinski definition) is 5. The zero-order valence-electron chi connectivity index (χ0n) is 11.3. The summed E-state index contributed by atoms with van der Waals surface area (Å²) in [6.07, 6.45) is 1.91. The molecule has 108 valence electrons. The summed E-state index contributed by atoms with van der Waals surface area (Å²) in [5, 5.41) is 4.76. The number of nitrogens with one attached hydrogen (secondary N) is 1. The van der Waals surface area contributed by atoms with Gasteiger partial charge in [-0.3, -0.25) is 0 Å². The maximum absolute atomic E-state index is 12.6. The van der Waals surface area contributed by atoms with Gasteiger partial charge in [0, 0.05) is 36.5 Å². The predicted molar refractivity (Wildman–Crippen MR) is 75.9 cm³/mol. The van der Waals surface area contributed by atoms with Crippen LogP contribution in [0.2, 0.25) is 0 Å². The van der Waals surface area contributed by atoms with Gasteiger partial charge in [0.1, 0.15) is 0 Å². The minimum atomic E-state index is -3.37. The van der Waals surface area contributed by atoms with Crippen molar-refractivity contribution in [1.82, 2.24) is 9.62 Å². The first-order chi connectivity index (χ1) is 9.09. The molecule has 1 aromatic heterocycles. The van der Waals surface area contributed by atoms with E-state index in [1.54, 1.807) is 22.9 Å². The lowest BCUT2D eigenvalue weighted by atomic mass is 10.5. The van der Waals surface area contributed by atoms with Gasteiger partial charge in [-0.25, -0.2) is 8.42 Å². The fourth-order valence-electron chi connectivity index (χ4n) is 1.94. The quantitative estimate of drug-likeness (QED) is 0.786. The predicted octanol–water partition coefficient (Wildman–Crippen LogP) is 1.27. The van der Waals surface area contributed by atoms with Crippen LogP contribution in [0.25, 0.3) is 0 Å².